The number of cyclic esters (lactones) is 1. The molecule has 7 nitrogen and oxygen atoms in total. The number of esters is 1. The van der Waals surface area contributed by atoms with Crippen molar-refractivity contribution in [2.24, 2.45) is 5.41 Å². The van der Waals surface area contributed by atoms with Crippen LogP contribution in [0, 0.1) is 12.3 Å². The molecule has 3 heterocycles. The molecule has 0 bridgehead atoms. The number of hydrogen-bond donors (Lipinski definition) is 1. The van der Waals surface area contributed by atoms with Crippen LogP contribution in [-0.4, -0.2) is 78.3 Å². The van der Waals surface area contributed by atoms with Crippen molar-refractivity contribution in [3.8, 4) is 5.75 Å². The molecule has 1 spiro atoms. The Balaban J connectivity index is 1.25. The van der Waals surface area contributed by atoms with Crippen LogP contribution >= 0.6 is 0 Å². The van der Waals surface area contributed by atoms with Gasteiger partial charge < -0.3 is 19.5 Å². The predicted octanol–water partition coefficient (Wildman–Crippen LogP) is 1.75. The van der Waals surface area contributed by atoms with Crippen LogP contribution in [0.2, 0.25) is 0 Å². The average Bonchev–Trinajstić information content (AvgIpc) is 3.03. The lowest BCUT2D eigenvalue weighted by atomic mass is 9.76. The van der Waals surface area contributed by atoms with Crippen LogP contribution in [0.4, 0.5) is 0 Å². The zero-order valence-electron chi connectivity index (χ0n) is 17.7. The number of aryl methyl sites for hydroxylation is 1. The molecule has 4 rings (SSSR count). The van der Waals surface area contributed by atoms with E-state index in [-0.39, 0.29) is 30.7 Å². The summed E-state index contributed by atoms with van der Waals surface area (Å²) >= 11 is 0. The number of piperidine rings is 2. The molecule has 1 amide bonds. The average molecular weight is 417 g/mol. The van der Waals surface area contributed by atoms with E-state index in [1.54, 1.807) is 4.90 Å². The maximum absolute atomic E-state index is 12.7. The van der Waals surface area contributed by atoms with E-state index in [1.807, 2.05) is 31.2 Å². The monoisotopic (exact) mass is 416 g/mol. The molecule has 1 aromatic rings. The first-order valence-corrected chi connectivity index (χ1v) is 11.0. The molecule has 1 N–H and O–H groups in total. The molecule has 1 atom stereocenters. The number of amides is 1. The lowest BCUT2D eigenvalue weighted by molar-refractivity contribution is -0.153. The number of carbonyl (C=O) groups is 2. The molecule has 0 aliphatic carbocycles. The molecular formula is C23H32N2O5. The summed E-state index contributed by atoms with van der Waals surface area (Å²) in [5.41, 5.74) is 0.642. The Labute approximate surface area is 177 Å². The van der Waals surface area contributed by atoms with E-state index in [4.69, 9.17) is 9.47 Å². The molecule has 1 aromatic carbocycles. The largest absolute Gasteiger partial charge is 0.484 e. The van der Waals surface area contributed by atoms with Gasteiger partial charge in [0.25, 0.3) is 5.91 Å². The van der Waals surface area contributed by atoms with Crippen molar-refractivity contribution in [1.29, 1.82) is 0 Å². The van der Waals surface area contributed by atoms with E-state index >= 15 is 0 Å². The molecule has 3 aliphatic rings. The summed E-state index contributed by atoms with van der Waals surface area (Å²) in [6.07, 6.45) is 3.32. The maximum atomic E-state index is 12.7. The molecular weight excluding hydrogens is 384 g/mol. The van der Waals surface area contributed by atoms with Gasteiger partial charge in [-0.3, -0.25) is 14.5 Å². The lowest BCUT2D eigenvalue weighted by Crippen LogP contribution is -2.46. The summed E-state index contributed by atoms with van der Waals surface area (Å²) in [5.74, 6) is 0.554. The van der Waals surface area contributed by atoms with Gasteiger partial charge in [-0.1, -0.05) is 12.1 Å². The van der Waals surface area contributed by atoms with Gasteiger partial charge in [0.1, 0.15) is 11.9 Å². The minimum Gasteiger partial charge on any atom is -0.484 e. The fourth-order valence-corrected chi connectivity index (χ4v) is 4.86. The number of aliphatic hydroxyl groups excluding tert-OH is 1. The number of aliphatic hydroxyl groups is 1. The number of carbonyl (C=O) groups excluding carboxylic acids is 2. The topological polar surface area (TPSA) is 79.3 Å². The normalized spacial score (nSPS) is 24.8. The van der Waals surface area contributed by atoms with Crippen LogP contribution < -0.4 is 4.74 Å². The van der Waals surface area contributed by atoms with E-state index in [0.717, 1.165) is 44.5 Å². The summed E-state index contributed by atoms with van der Waals surface area (Å²) in [6, 6.07) is 7.66. The third kappa shape index (κ3) is 4.78. The minimum atomic E-state index is -0.450. The SMILES string of the molecule is Cc1cccc(OCC(=O)N2CCC3(CC2)CC(CN2CCC(O)CC2)OC3=O)c1. The van der Waals surface area contributed by atoms with Crippen LogP contribution in [-0.2, 0) is 14.3 Å². The van der Waals surface area contributed by atoms with Gasteiger partial charge in [-0.05, 0) is 50.3 Å². The highest BCUT2D eigenvalue weighted by atomic mass is 16.6. The Bertz CT molecular complexity index is 767. The van der Waals surface area contributed by atoms with E-state index in [1.165, 1.54) is 0 Å². The number of benzene rings is 1. The summed E-state index contributed by atoms with van der Waals surface area (Å²) in [7, 11) is 0. The van der Waals surface area contributed by atoms with Gasteiger partial charge in [0.15, 0.2) is 6.61 Å². The van der Waals surface area contributed by atoms with Crippen molar-refractivity contribution in [2.45, 2.75) is 51.2 Å². The molecule has 3 fully saturated rings. The first kappa shape index (κ1) is 21.1. The first-order chi connectivity index (χ1) is 14.4. The maximum Gasteiger partial charge on any atom is 0.312 e. The molecule has 0 saturated carbocycles. The fourth-order valence-electron chi connectivity index (χ4n) is 4.86. The Morgan fingerprint density at radius 1 is 1.23 bits per heavy atom. The van der Waals surface area contributed by atoms with Gasteiger partial charge in [0.05, 0.1) is 11.5 Å². The zero-order valence-corrected chi connectivity index (χ0v) is 17.7. The zero-order chi connectivity index (χ0) is 21.1. The van der Waals surface area contributed by atoms with Crippen molar-refractivity contribution in [3.63, 3.8) is 0 Å². The Kier molecular flexibility index (Phi) is 6.29. The van der Waals surface area contributed by atoms with E-state index < -0.39 is 5.41 Å². The van der Waals surface area contributed by atoms with Crippen LogP contribution in [0.3, 0.4) is 0 Å². The molecule has 164 valence electrons. The summed E-state index contributed by atoms with van der Waals surface area (Å²) in [6.45, 7) is 5.58. The first-order valence-electron chi connectivity index (χ1n) is 11.0. The smallest absolute Gasteiger partial charge is 0.312 e. The van der Waals surface area contributed by atoms with Crippen molar-refractivity contribution in [3.05, 3.63) is 29.8 Å². The summed E-state index contributed by atoms with van der Waals surface area (Å²) in [4.78, 5) is 29.3. The Morgan fingerprint density at radius 2 is 1.97 bits per heavy atom. The van der Waals surface area contributed by atoms with Crippen LogP contribution in [0.5, 0.6) is 5.75 Å². The molecule has 7 heteroatoms. The number of nitrogens with zero attached hydrogens (tertiary/aromatic N) is 2. The molecule has 30 heavy (non-hydrogen) atoms. The number of ether oxygens (including phenoxy) is 2. The van der Waals surface area contributed by atoms with Crippen LogP contribution in [0.25, 0.3) is 0 Å². The third-order valence-electron chi connectivity index (χ3n) is 6.77. The molecule has 1 unspecified atom stereocenters. The fraction of sp³-hybridized carbons (Fsp3) is 0.652. The van der Waals surface area contributed by atoms with E-state index in [9.17, 15) is 14.7 Å². The molecule has 3 saturated heterocycles. The number of likely N-dealkylation sites (tertiary alicyclic amines) is 2. The quantitative estimate of drug-likeness (QED) is 0.737. The van der Waals surface area contributed by atoms with Gasteiger partial charge in [-0.2, -0.15) is 0 Å². The van der Waals surface area contributed by atoms with Gasteiger partial charge >= 0.3 is 5.97 Å². The van der Waals surface area contributed by atoms with Crippen molar-refractivity contribution >= 4 is 11.9 Å². The molecule has 3 aliphatic heterocycles. The second kappa shape index (κ2) is 8.94. The predicted molar refractivity (Wildman–Crippen MR) is 111 cm³/mol. The lowest BCUT2D eigenvalue weighted by Gasteiger charge is -2.36. The number of rotatable bonds is 5. The summed E-state index contributed by atoms with van der Waals surface area (Å²) in [5, 5.41) is 9.66. The highest BCUT2D eigenvalue weighted by Crippen LogP contribution is 2.43. The Hall–Kier alpha value is -2.12. The highest BCUT2D eigenvalue weighted by Gasteiger charge is 2.51. The van der Waals surface area contributed by atoms with Crippen molar-refractivity contribution in [2.75, 3.05) is 39.3 Å². The van der Waals surface area contributed by atoms with Crippen molar-refractivity contribution in [1.82, 2.24) is 9.80 Å². The van der Waals surface area contributed by atoms with E-state index in [0.29, 0.717) is 31.7 Å². The van der Waals surface area contributed by atoms with Crippen molar-refractivity contribution < 1.29 is 24.2 Å². The highest BCUT2D eigenvalue weighted by molar-refractivity contribution is 5.81. The molecule has 0 aromatic heterocycles. The summed E-state index contributed by atoms with van der Waals surface area (Å²) < 4.78 is 11.4. The third-order valence-corrected chi connectivity index (χ3v) is 6.77. The Morgan fingerprint density at radius 3 is 2.67 bits per heavy atom. The van der Waals surface area contributed by atoms with Gasteiger partial charge in [0.2, 0.25) is 0 Å². The number of hydrogen-bond acceptors (Lipinski definition) is 6. The van der Waals surface area contributed by atoms with Gasteiger partial charge in [-0.25, -0.2) is 0 Å². The molecule has 0 radical (unpaired) electrons. The van der Waals surface area contributed by atoms with Crippen LogP contribution in [0.1, 0.15) is 37.7 Å². The standard InChI is InChI=1S/C23H32N2O5/c1-17-3-2-4-19(13-17)29-16-21(27)25-11-7-23(8-12-25)14-20(30-22(23)28)15-24-9-5-18(26)6-10-24/h2-4,13,18,20,26H,5-12,14-16H2,1H3. The van der Waals surface area contributed by atoms with Gasteiger partial charge in [-0.15, -0.1) is 0 Å². The second-order valence-electron chi connectivity index (χ2n) is 9.03. The van der Waals surface area contributed by atoms with Crippen LogP contribution in [0.15, 0.2) is 24.3 Å². The minimum absolute atomic E-state index is 0.0182. The second-order valence-corrected chi connectivity index (χ2v) is 9.03. The van der Waals surface area contributed by atoms with E-state index in [2.05, 4.69) is 4.90 Å². The van der Waals surface area contributed by atoms with Gasteiger partial charge in [0, 0.05) is 39.1 Å².